The molecule has 3 rings (SSSR count). The van der Waals surface area contributed by atoms with Crippen molar-refractivity contribution in [3.63, 3.8) is 0 Å². The second kappa shape index (κ2) is 11.7. The Labute approximate surface area is 209 Å². The van der Waals surface area contributed by atoms with Gasteiger partial charge in [-0.15, -0.1) is 0 Å². The quantitative estimate of drug-likeness (QED) is 0.593. The number of sulfonamides is 1. The van der Waals surface area contributed by atoms with Crippen LogP contribution in [0.15, 0.2) is 23.1 Å². The van der Waals surface area contributed by atoms with Gasteiger partial charge in [-0.1, -0.05) is 38.0 Å². The Kier molecular flexibility index (Phi) is 9.22. The van der Waals surface area contributed by atoms with Gasteiger partial charge in [-0.25, -0.2) is 8.42 Å². The first-order valence-electron chi connectivity index (χ1n) is 12.4. The first kappa shape index (κ1) is 27.5. The first-order valence-corrected chi connectivity index (χ1v) is 13.9. The van der Waals surface area contributed by atoms with Gasteiger partial charge in [0.2, 0.25) is 15.9 Å². The number of hydrogen-bond acceptors (Lipinski definition) is 6. The van der Waals surface area contributed by atoms with E-state index in [0.29, 0.717) is 12.1 Å². The summed E-state index contributed by atoms with van der Waals surface area (Å²) >= 11 is 0. The lowest BCUT2D eigenvalue weighted by Gasteiger charge is -2.38. The fourth-order valence-electron chi connectivity index (χ4n) is 4.73. The van der Waals surface area contributed by atoms with Crippen molar-refractivity contribution < 1.29 is 28.2 Å². The monoisotopic (exact) mass is 506 g/mol. The number of rotatable bonds is 5. The molecule has 194 valence electrons. The minimum atomic E-state index is -3.95. The van der Waals surface area contributed by atoms with Gasteiger partial charge in [0.25, 0.3) is 0 Å². The van der Waals surface area contributed by atoms with E-state index in [9.17, 15) is 23.4 Å². The van der Waals surface area contributed by atoms with Crippen molar-refractivity contribution in [2.24, 2.45) is 11.8 Å². The van der Waals surface area contributed by atoms with E-state index in [0.717, 1.165) is 25.7 Å². The molecule has 1 aliphatic heterocycles. The molecule has 1 fully saturated rings. The summed E-state index contributed by atoms with van der Waals surface area (Å²) in [5.41, 5.74) is 0.514. The van der Waals surface area contributed by atoms with Gasteiger partial charge in [-0.3, -0.25) is 4.79 Å². The van der Waals surface area contributed by atoms with Gasteiger partial charge in [0.1, 0.15) is 22.9 Å². The summed E-state index contributed by atoms with van der Waals surface area (Å²) in [6, 6.07) is 3.98. The molecule has 1 aromatic rings. The highest BCUT2D eigenvalue weighted by molar-refractivity contribution is 7.89. The molecule has 35 heavy (non-hydrogen) atoms. The molecular weight excluding hydrogens is 468 g/mol. The third-order valence-electron chi connectivity index (χ3n) is 6.88. The molecule has 1 amide bonds. The van der Waals surface area contributed by atoms with Crippen LogP contribution < -0.4 is 4.74 Å². The number of aliphatic hydroxyl groups is 2. The highest BCUT2D eigenvalue weighted by Gasteiger charge is 2.38. The van der Waals surface area contributed by atoms with E-state index in [-0.39, 0.29) is 41.5 Å². The summed E-state index contributed by atoms with van der Waals surface area (Å²) in [7, 11) is -2.17. The molecule has 0 spiro atoms. The predicted molar refractivity (Wildman–Crippen MR) is 133 cm³/mol. The maximum atomic E-state index is 13.5. The molecule has 1 heterocycles. The van der Waals surface area contributed by atoms with Crippen LogP contribution in [0, 0.1) is 23.7 Å². The molecule has 0 bridgehead atoms. The molecule has 0 unspecified atom stereocenters. The average molecular weight is 507 g/mol. The van der Waals surface area contributed by atoms with Crippen LogP contribution in [0.2, 0.25) is 0 Å². The number of amides is 1. The molecule has 8 nitrogen and oxygen atoms in total. The summed E-state index contributed by atoms with van der Waals surface area (Å²) in [4.78, 5) is 14.8. The Balaban J connectivity index is 1.97. The number of aliphatic hydroxyl groups excluding tert-OH is 2. The third-order valence-corrected chi connectivity index (χ3v) is 8.90. The topological polar surface area (TPSA) is 107 Å². The predicted octanol–water partition coefficient (Wildman–Crippen LogP) is 2.23. The van der Waals surface area contributed by atoms with E-state index in [1.807, 2.05) is 6.92 Å². The van der Waals surface area contributed by atoms with Gasteiger partial charge in [-0.2, -0.15) is 4.31 Å². The lowest BCUT2D eigenvalue weighted by Crippen LogP contribution is -2.50. The largest absolute Gasteiger partial charge is 0.487 e. The summed E-state index contributed by atoms with van der Waals surface area (Å²) in [6.07, 6.45) is 3.81. The van der Waals surface area contributed by atoms with Crippen molar-refractivity contribution in [3.8, 4) is 17.6 Å². The van der Waals surface area contributed by atoms with Gasteiger partial charge in [0, 0.05) is 37.0 Å². The number of benzene rings is 1. The minimum Gasteiger partial charge on any atom is -0.487 e. The lowest BCUT2D eigenvalue weighted by molar-refractivity contribution is -0.136. The molecule has 1 saturated carbocycles. The Hall–Kier alpha value is -2.12. The van der Waals surface area contributed by atoms with Crippen molar-refractivity contribution >= 4 is 15.9 Å². The van der Waals surface area contributed by atoms with Crippen molar-refractivity contribution in [2.45, 2.75) is 76.0 Å². The van der Waals surface area contributed by atoms with Gasteiger partial charge in [-0.05, 0) is 44.9 Å². The van der Waals surface area contributed by atoms with E-state index >= 15 is 0 Å². The van der Waals surface area contributed by atoms with Crippen LogP contribution in [-0.4, -0.2) is 78.7 Å². The Morgan fingerprint density at radius 3 is 2.57 bits per heavy atom. The number of carbonyl (C=O) groups is 1. The van der Waals surface area contributed by atoms with Crippen LogP contribution in [-0.2, 0) is 14.8 Å². The molecule has 0 radical (unpaired) electrons. The Morgan fingerprint density at radius 2 is 1.94 bits per heavy atom. The lowest BCUT2D eigenvalue weighted by atomic mass is 9.88. The SMILES string of the molecule is C[C@@H]1CN([C@H](C)CO)S(=O)(=O)c2ccc(C#C[C@@H](C)O)cc2O[C@H]1CN(C)C(=O)C1CCCCC1. The van der Waals surface area contributed by atoms with Gasteiger partial charge in [0.05, 0.1) is 13.2 Å². The summed E-state index contributed by atoms with van der Waals surface area (Å²) in [5.74, 6) is 5.54. The number of ether oxygens (including phenoxy) is 1. The first-order chi connectivity index (χ1) is 16.5. The van der Waals surface area contributed by atoms with Crippen LogP contribution in [0.1, 0.15) is 58.4 Å². The maximum absolute atomic E-state index is 13.5. The number of carbonyl (C=O) groups excluding carboxylic acids is 1. The zero-order chi connectivity index (χ0) is 25.8. The summed E-state index contributed by atoms with van der Waals surface area (Å²) in [6.45, 7) is 5.28. The van der Waals surface area contributed by atoms with Crippen molar-refractivity contribution in [2.75, 3.05) is 26.7 Å². The van der Waals surface area contributed by atoms with Crippen LogP contribution in [0.5, 0.6) is 5.75 Å². The normalized spacial score (nSPS) is 24.5. The second-order valence-electron chi connectivity index (χ2n) is 9.90. The molecule has 1 aliphatic carbocycles. The summed E-state index contributed by atoms with van der Waals surface area (Å²) in [5, 5.41) is 19.3. The zero-order valence-electron chi connectivity index (χ0n) is 21.1. The minimum absolute atomic E-state index is 0.00134. The van der Waals surface area contributed by atoms with Crippen LogP contribution in [0.3, 0.4) is 0 Å². The standard InChI is InChI=1S/C26H38N2O6S/c1-18-15-28(19(2)17-29)35(32,33)25-13-12-21(11-10-20(3)30)14-23(25)34-24(18)16-27(4)26(31)22-8-6-5-7-9-22/h12-14,18-20,22,24,29-30H,5-9,15-17H2,1-4H3/t18-,19-,20-,24+/m1/s1. The molecule has 0 aromatic heterocycles. The van der Waals surface area contributed by atoms with Gasteiger partial charge < -0.3 is 19.8 Å². The molecule has 2 aliphatic rings. The second-order valence-corrected chi connectivity index (χ2v) is 11.8. The fourth-order valence-corrected chi connectivity index (χ4v) is 6.56. The van der Waals surface area contributed by atoms with Gasteiger partial charge in [0.15, 0.2) is 0 Å². The zero-order valence-corrected chi connectivity index (χ0v) is 21.9. The van der Waals surface area contributed by atoms with Crippen LogP contribution in [0.4, 0.5) is 0 Å². The Morgan fingerprint density at radius 1 is 1.26 bits per heavy atom. The smallest absolute Gasteiger partial charge is 0.247 e. The average Bonchev–Trinajstić information content (AvgIpc) is 2.84. The van der Waals surface area contributed by atoms with E-state index in [1.165, 1.54) is 16.8 Å². The number of hydrogen-bond donors (Lipinski definition) is 2. The van der Waals surface area contributed by atoms with E-state index in [4.69, 9.17) is 4.74 Å². The van der Waals surface area contributed by atoms with Crippen molar-refractivity contribution in [1.29, 1.82) is 0 Å². The number of nitrogens with zero attached hydrogens (tertiary/aromatic N) is 2. The van der Waals surface area contributed by atoms with Crippen LogP contribution >= 0.6 is 0 Å². The van der Waals surface area contributed by atoms with E-state index in [2.05, 4.69) is 11.8 Å². The Bertz CT molecular complexity index is 1060. The highest BCUT2D eigenvalue weighted by Crippen LogP contribution is 2.34. The number of fused-ring (bicyclic) bond motifs is 1. The summed E-state index contributed by atoms with van der Waals surface area (Å²) < 4.78 is 34.7. The van der Waals surface area contributed by atoms with Gasteiger partial charge >= 0.3 is 0 Å². The molecule has 0 saturated heterocycles. The third kappa shape index (κ3) is 6.56. The molecule has 2 N–H and O–H groups in total. The van der Waals surface area contributed by atoms with Crippen LogP contribution in [0.25, 0.3) is 0 Å². The van der Waals surface area contributed by atoms with E-state index in [1.54, 1.807) is 37.9 Å². The van der Waals surface area contributed by atoms with E-state index < -0.39 is 28.3 Å². The maximum Gasteiger partial charge on any atom is 0.247 e. The molecule has 4 atom stereocenters. The van der Waals surface area contributed by atoms with Crippen molar-refractivity contribution in [3.05, 3.63) is 23.8 Å². The highest BCUT2D eigenvalue weighted by atomic mass is 32.2. The van der Waals surface area contributed by atoms with Crippen molar-refractivity contribution in [1.82, 2.24) is 9.21 Å². The fraction of sp³-hybridized carbons (Fsp3) is 0.654. The molecular formula is C26H38N2O6S. The molecule has 1 aromatic carbocycles. The number of likely N-dealkylation sites (N-methyl/N-ethyl adjacent to an activating group) is 1. The molecule has 9 heteroatoms.